The molecule has 3 aromatic rings. The summed E-state index contributed by atoms with van der Waals surface area (Å²) in [5.41, 5.74) is -1.07. The van der Waals surface area contributed by atoms with Crippen molar-refractivity contribution in [1.29, 1.82) is 0 Å². The maximum atomic E-state index is 14.7. The van der Waals surface area contributed by atoms with Gasteiger partial charge in [0.1, 0.15) is 24.1 Å². The summed E-state index contributed by atoms with van der Waals surface area (Å²) in [6, 6.07) is 5.43. The fourth-order valence-electron chi connectivity index (χ4n) is 3.79. The summed E-state index contributed by atoms with van der Waals surface area (Å²) in [6.45, 7) is 6.44. The number of ether oxygens (including phenoxy) is 2. The predicted octanol–water partition coefficient (Wildman–Crippen LogP) is 5.33. The van der Waals surface area contributed by atoms with E-state index in [1.165, 1.54) is 31.5 Å². The van der Waals surface area contributed by atoms with Crippen molar-refractivity contribution < 1.29 is 35.5 Å². The van der Waals surface area contributed by atoms with Crippen molar-refractivity contribution in [3.05, 3.63) is 53.1 Å². The van der Waals surface area contributed by atoms with Crippen LogP contribution in [0.2, 0.25) is 0 Å². The Bertz CT molecular complexity index is 1410. The third-order valence-electron chi connectivity index (χ3n) is 5.94. The highest BCUT2D eigenvalue weighted by Crippen LogP contribution is 2.37. The van der Waals surface area contributed by atoms with Gasteiger partial charge in [-0.25, -0.2) is 27.1 Å². The molecule has 0 spiro atoms. The third-order valence-corrected chi connectivity index (χ3v) is 8.18. The fourth-order valence-corrected chi connectivity index (χ4v) is 4.84. The van der Waals surface area contributed by atoms with Gasteiger partial charge in [-0.1, -0.05) is 12.1 Å². The Morgan fingerprint density at radius 1 is 1.11 bits per heavy atom. The lowest BCUT2D eigenvalue weighted by Gasteiger charge is -2.21. The average molecular weight is 559 g/mol. The number of anilines is 1. The molecule has 0 aliphatic rings. The molecule has 1 heterocycles. The summed E-state index contributed by atoms with van der Waals surface area (Å²) in [5.74, 6) is -0.116. The highest BCUT2D eigenvalue weighted by molar-refractivity contribution is 7.89. The van der Waals surface area contributed by atoms with Crippen molar-refractivity contribution in [2.75, 3.05) is 32.6 Å². The van der Waals surface area contributed by atoms with Crippen molar-refractivity contribution in [3.8, 4) is 11.5 Å². The number of fused-ring (bicyclic) bond motifs is 1. The average Bonchev–Trinajstić information content (AvgIpc) is 2.82. The molecule has 0 aliphatic carbocycles. The van der Waals surface area contributed by atoms with E-state index in [9.17, 15) is 26.0 Å². The first kappa shape index (κ1) is 29.4. The summed E-state index contributed by atoms with van der Waals surface area (Å²) in [4.78, 5) is 8.77. The van der Waals surface area contributed by atoms with Crippen molar-refractivity contribution in [3.63, 3.8) is 0 Å². The van der Waals surface area contributed by atoms with E-state index in [1.807, 2.05) is 0 Å². The zero-order valence-corrected chi connectivity index (χ0v) is 22.7. The number of aromatic nitrogens is 2. The van der Waals surface area contributed by atoms with Gasteiger partial charge in [0.25, 0.3) is 0 Å². The Kier molecular flexibility index (Phi) is 8.72. The van der Waals surface area contributed by atoms with Gasteiger partial charge >= 0.3 is 6.18 Å². The summed E-state index contributed by atoms with van der Waals surface area (Å²) < 4.78 is 91.4. The molecule has 208 valence electrons. The van der Waals surface area contributed by atoms with Gasteiger partial charge in [0.15, 0.2) is 11.5 Å². The first-order valence-electron chi connectivity index (χ1n) is 11.7. The van der Waals surface area contributed by atoms with Gasteiger partial charge in [-0.3, -0.25) is 0 Å². The van der Waals surface area contributed by atoms with Crippen LogP contribution in [0.15, 0.2) is 30.3 Å². The maximum absolute atomic E-state index is 14.7. The summed E-state index contributed by atoms with van der Waals surface area (Å²) in [6.07, 6.45) is -4.83. The topological polar surface area (TPSA) is 93.7 Å². The van der Waals surface area contributed by atoms with E-state index < -0.39 is 38.9 Å². The molecule has 1 aromatic heterocycles. The van der Waals surface area contributed by atoms with Crippen molar-refractivity contribution in [1.82, 2.24) is 14.3 Å². The van der Waals surface area contributed by atoms with Gasteiger partial charge in [-0.05, 0) is 39.8 Å². The van der Waals surface area contributed by atoms with Gasteiger partial charge in [-0.2, -0.15) is 13.2 Å². The lowest BCUT2D eigenvalue weighted by atomic mass is 10.0. The molecule has 0 radical (unpaired) electrons. The first-order valence-corrected chi connectivity index (χ1v) is 13.2. The van der Waals surface area contributed by atoms with Crippen LogP contribution in [0.3, 0.4) is 0 Å². The second kappa shape index (κ2) is 11.3. The quantitative estimate of drug-likeness (QED) is 0.337. The maximum Gasteiger partial charge on any atom is 0.419 e. The zero-order chi connectivity index (χ0) is 28.4. The molecule has 0 bridgehead atoms. The Morgan fingerprint density at radius 2 is 1.79 bits per heavy atom. The second-order valence-electron chi connectivity index (χ2n) is 8.98. The molecule has 0 fully saturated rings. The smallest absolute Gasteiger partial charge is 0.419 e. The molecule has 8 nitrogen and oxygen atoms in total. The van der Waals surface area contributed by atoms with Crippen LogP contribution in [-0.4, -0.2) is 55.3 Å². The van der Waals surface area contributed by atoms with Crippen LogP contribution < -0.4 is 14.8 Å². The highest BCUT2D eigenvalue weighted by atomic mass is 32.2. The predicted molar refractivity (Wildman–Crippen MR) is 136 cm³/mol. The first-order chi connectivity index (χ1) is 17.7. The fraction of sp³-hybridized carbons (Fsp3) is 0.440. The van der Waals surface area contributed by atoms with Crippen LogP contribution in [0.4, 0.5) is 23.4 Å². The molecule has 1 N–H and O–H groups in total. The molecular weight excluding hydrogens is 528 g/mol. The van der Waals surface area contributed by atoms with Gasteiger partial charge in [-0.15, -0.1) is 0 Å². The monoisotopic (exact) mass is 558 g/mol. The van der Waals surface area contributed by atoms with Crippen LogP contribution in [0, 0.1) is 12.7 Å². The summed E-state index contributed by atoms with van der Waals surface area (Å²) in [7, 11) is -0.557. The van der Waals surface area contributed by atoms with Crippen molar-refractivity contribution in [2.24, 2.45) is 0 Å². The lowest BCUT2D eigenvalue weighted by molar-refractivity contribution is -0.140. The Morgan fingerprint density at radius 3 is 2.39 bits per heavy atom. The molecule has 0 unspecified atom stereocenters. The number of hydrogen-bond acceptors (Lipinski definition) is 7. The SMILES string of the molecule is COc1cc2nc(C)nc(N[C@H](C)c3cccc(C(F)(F)F)c3F)c2cc1OCCN(C)S(=O)(=O)C(C)C. The van der Waals surface area contributed by atoms with Crippen LogP contribution in [-0.2, 0) is 16.2 Å². The molecule has 0 amide bonds. The molecule has 1 atom stereocenters. The van der Waals surface area contributed by atoms with Gasteiger partial charge in [0, 0.05) is 30.6 Å². The van der Waals surface area contributed by atoms with E-state index in [0.29, 0.717) is 28.5 Å². The van der Waals surface area contributed by atoms with Gasteiger partial charge in [0.05, 0.1) is 29.5 Å². The molecule has 0 saturated heterocycles. The van der Waals surface area contributed by atoms with E-state index in [0.717, 1.165) is 6.07 Å². The Balaban J connectivity index is 1.94. The highest BCUT2D eigenvalue weighted by Gasteiger charge is 2.35. The summed E-state index contributed by atoms with van der Waals surface area (Å²) >= 11 is 0. The summed E-state index contributed by atoms with van der Waals surface area (Å²) in [5, 5.41) is 2.86. The molecule has 0 aliphatic heterocycles. The van der Waals surface area contributed by atoms with E-state index in [2.05, 4.69) is 15.3 Å². The van der Waals surface area contributed by atoms with E-state index in [1.54, 1.807) is 32.9 Å². The van der Waals surface area contributed by atoms with Crippen molar-refractivity contribution in [2.45, 2.75) is 45.2 Å². The molecule has 2 aromatic carbocycles. The minimum absolute atomic E-state index is 0.0195. The zero-order valence-electron chi connectivity index (χ0n) is 21.9. The van der Waals surface area contributed by atoms with Gasteiger partial charge in [0.2, 0.25) is 10.0 Å². The van der Waals surface area contributed by atoms with Crippen LogP contribution in [0.25, 0.3) is 10.9 Å². The normalized spacial score (nSPS) is 13.3. The standard InChI is InChI=1S/C25H30F4N4O4S/c1-14(2)38(34,35)33(5)10-11-37-22-12-18-20(13-21(22)36-6)31-16(4)32-24(18)30-15(3)17-8-7-9-19(23(17)26)25(27,28)29/h7-9,12-15H,10-11H2,1-6H3,(H,30,31,32)/t15-/m1/s1. The van der Waals surface area contributed by atoms with Crippen LogP contribution in [0.1, 0.15) is 43.8 Å². The molecule has 0 saturated carbocycles. The number of likely N-dealkylation sites (N-methyl/N-ethyl adjacent to an activating group) is 1. The van der Waals surface area contributed by atoms with E-state index >= 15 is 0 Å². The second-order valence-corrected chi connectivity index (χ2v) is 11.6. The molecule has 38 heavy (non-hydrogen) atoms. The Hall–Kier alpha value is -3.19. The van der Waals surface area contributed by atoms with E-state index in [4.69, 9.17) is 9.47 Å². The van der Waals surface area contributed by atoms with Crippen LogP contribution in [0.5, 0.6) is 11.5 Å². The minimum Gasteiger partial charge on any atom is -0.493 e. The number of rotatable bonds is 10. The molecular formula is C25H30F4N4O4S. The number of halogens is 4. The Labute approximate surface area is 219 Å². The number of nitrogens with zero attached hydrogens (tertiary/aromatic N) is 3. The molecule has 3 rings (SSSR count). The number of hydrogen-bond donors (Lipinski definition) is 1. The lowest BCUT2D eigenvalue weighted by Crippen LogP contribution is -2.35. The number of aryl methyl sites for hydroxylation is 1. The van der Waals surface area contributed by atoms with E-state index in [-0.39, 0.29) is 30.3 Å². The largest absolute Gasteiger partial charge is 0.493 e. The third kappa shape index (κ3) is 6.26. The number of sulfonamides is 1. The number of benzene rings is 2. The number of methoxy groups -OCH3 is 1. The van der Waals surface area contributed by atoms with Crippen LogP contribution >= 0.6 is 0 Å². The van der Waals surface area contributed by atoms with Gasteiger partial charge < -0.3 is 14.8 Å². The minimum atomic E-state index is -4.83. The number of alkyl halides is 3. The number of nitrogens with one attached hydrogen (secondary N) is 1. The molecule has 13 heteroatoms. The van der Waals surface area contributed by atoms with Crippen molar-refractivity contribution >= 4 is 26.7 Å².